The number of para-hydroxylation sites is 1. The summed E-state index contributed by atoms with van der Waals surface area (Å²) in [4.78, 5) is 12.5. The lowest BCUT2D eigenvalue weighted by Gasteiger charge is -2.07. The lowest BCUT2D eigenvalue weighted by molar-refractivity contribution is -0.112. The molecule has 0 aliphatic heterocycles. The van der Waals surface area contributed by atoms with Crippen molar-refractivity contribution in [1.29, 1.82) is 5.26 Å². The fourth-order valence-corrected chi connectivity index (χ4v) is 2.81. The van der Waals surface area contributed by atoms with Crippen molar-refractivity contribution in [1.82, 2.24) is 4.57 Å². The number of aryl methyl sites for hydroxylation is 3. The van der Waals surface area contributed by atoms with Gasteiger partial charge in [0.25, 0.3) is 5.91 Å². The van der Waals surface area contributed by atoms with E-state index in [1.54, 1.807) is 6.08 Å². The fraction of sp³-hybridized carbons (Fsp3) is 0.143. The first kappa shape index (κ1) is 16.5. The monoisotopic (exact) mass is 329 g/mol. The van der Waals surface area contributed by atoms with Crippen LogP contribution in [0.15, 0.2) is 54.2 Å². The number of carbonyl (C=O) groups is 1. The molecule has 4 heteroatoms. The number of amides is 1. The van der Waals surface area contributed by atoms with Gasteiger partial charge in [0.15, 0.2) is 0 Å². The van der Waals surface area contributed by atoms with Gasteiger partial charge >= 0.3 is 0 Å². The van der Waals surface area contributed by atoms with Crippen LogP contribution in [0.4, 0.5) is 5.69 Å². The molecule has 3 aromatic rings. The maximum absolute atomic E-state index is 12.5. The van der Waals surface area contributed by atoms with Crippen LogP contribution in [0.2, 0.25) is 0 Å². The Morgan fingerprint density at radius 2 is 1.92 bits per heavy atom. The van der Waals surface area contributed by atoms with Crippen molar-refractivity contribution in [3.63, 3.8) is 0 Å². The molecule has 4 nitrogen and oxygen atoms in total. The molecule has 0 unspecified atom stereocenters. The Balaban J connectivity index is 1.93. The van der Waals surface area contributed by atoms with Crippen LogP contribution in [0.5, 0.6) is 0 Å². The number of nitriles is 1. The average Bonchev–Trinajstić information content (AvgIpc) is 2.92. The molecule has 0 radical (unpaired) electrons. The third-order valence-corrected chi connectivity index (χ3v) is 4.36. The predicted octanol–water partition coefficient (Wildman–Crippen LogP) is 4.34. The van der Waals surface area contributed by atoms with Crippen LogP contribution < -0.4 is 5.32 Å². The second-order valence-corrected chi connectivity index (χ2v) is 6.14. The molecule has 0 saturated heterocycles. The molecule has 1 amide bonds. The van der Waals surface area contributed by atoms with Gasteiger partial charge in [-0.1, -0.05) is 24.3 Å². The lowest BCUT2D eigenvalue weighted by atomic mass is 10.1. The summed E-state index contributed by atoms with van der Waals surface area (Å²) < 4.78 is 1.98. The largest absolute Gasteiger partial charge is 0.350 e. The van der Waals surface area contributed by atoms with E-state index in [9.17, 15) is 10.1 Å². The van der Waals surface area contributed by atoms with Gasteiger partial charge in [-0.05, 0) is 49.2 Å². The minimum absolute atomic E-state index is 0.0783. The minimum atomic E-state index is -0.404. The van der Waals surface area contributed by atoms with Gasteiger partial charge in [-0.25, -0.2) is 0 Å². The Hall–Kier alpha value is -3.32. The van der Waals surface area contributed by atoms with Gasteiger partial charge in [0.2, 0.25) is 0 Å². The van der Waals surface area contributed by atoms with Crippen LogP contribution in [0.1, 0.15) is 16.7 Å². The van der Waals surface area contributed by atoms with Crippen LogP contribution in [0.3, 0.4) is 0 Å². The van der Waals surface area contributed by atoms with Gasteiger partial charge in [0, 0.05) is 35.4 Å². The highest BCUT2D eigenvalue weighted by molar-refractivity contribution is 6.10. The molecule has 0 fully saturated rings. The van der Waals surface area contributed by atoms with Gasteiger partial charge < -0.3 is 9.88 Å². The highest BCUT2D eigenvalue weighted by Gasteiger charge is 2.12. The highest BCUT2D eigenvalue weighted by atomic mass is 16.1. The van der Waals surface area contributed by atoms with Gasteiger partial charge in [-0.2, -0.15) is 5.26 Å². The van der Waals surface area contributed by atoms with E-state index in [0.29, 0.717) is 5.69 Å². The summed E-state index contributed by atoms with van der Waals surface area (Å²) in [6, 6.07) is 15.6. The topological polar surface area (TPSA) is 57.8 Å². The summed E-state index contributed by atoms with van der Waals surface area (Å²) in [7, 11) is 1.95. The van der Waals surface area contributed by atoms with E-state index < -0.39 is 5.91 Å². The molecule has 3 rings (SSSR count). The number of hydrogen-bond donors (Lipinski definition) is 1. The Bertz CT molecular complexity index is 1030. The number of benzene rings is 2. The van der Waals surface area contributed by atoms with Crippen LogP contribution in [0.25, 0.3) is 17.0 Å². The molecule has 0 spiro atoms. The zero-order valence-electron chi connectivity index (χ0n) is 14.5. The van der Waals surface area contributed by atoms with Crippen LogP contribution >= 0.6 is 0 Å². The molecule has 25 heavy (non-hydrogen) atoms. The Morgan fingerprint density at radius 3 is 2.64 bits per heavy atom. The van der Waals surface area contributed by atoms with Gasteiger partial charge in [0.1, 0.15) is 11.6 Å². The van der Waals surface area contributed by atoms with Gasteiger partial charge in [0.05, 0.1) is 0 Å². The van der Waals surface area contributed by atoms with Crippen molar-refractivity contribution < 1.29 is 4.79 Å². The molecule has 0 atom stereocenters. The van der Waals surface area contributed by atoms with E-state index in [1.165, 1.54) is 0 Å². The number of nitrogens with one attached hydrogen (secondary N) is 1. The molecule has 1 heterocycles. The fourth-order valence-electron chi connectivity index (χ4n) is 2.81. The van der Waals surface area contributed by atoms with Crippen molar-refractivity contribution in [2.45, 2.75) is 13.8 Å². The van der Waals surface area contributed by atoms with E-state index >= 15 is 0 Å². The Labute approximate surface area is 147 Å². The first-order valence-electron chi connectivity index (χ1n) is 8.04. The summed E-state index contributed by atoms with van der Waals surface area (Å²) in [5.74, 6) is -0.404. The second kappa shape index (κ2) is 6.66. The SMILES string of the molecule is Cc1ccc(NC(=O)/C(C#N)=C/c2cn(C)c3ccccc23)cc1C. The number of fused-ring (bicyclic) bond motifs is 1. The second-order valence-electron chi connectivity index (χ2n) is 6.14. The highest BCUT2D eigenvalue weighted by Crippen LogP contribution is 2.23. The summed E-state index contributed by atoms with van der Waals surface area (Å²) in [6.07, 6.45) is 3.56. The van der Waals surface area contributed by atoms with Gasteiger partial charge in [-0.15, -0.1) is 0 Å². The number of anilines is 1. The first-order valence-corrected chi connectivity index (χ1v) is 8.04. The maximum atomic E-state index is 12.5. The summed E-state index contributed by atoms with van der Waals surface area (Å²) in [5, 5.41) is 13.2. The molecule has 2 aromatic carbocycles. The molecular formula is C21H19N3O. The standard InChI is InChI=1S/C21H19N3O/c1-14-8-9-18(10-15(14)2)23-21(25)16(12-22)11-17-13-24(3)20-7-5-4-6-19(17)20/h4-11,13H,1-3H3,(H,23,25)/b16-11+. The number of carbonyl (C=O) groups excluding carboxylic acids is 1. The lowest BCUT2D eigenvalue weighted by Crippen LogP contribution is -2.13. The van der Waals surface area contributed by atoms with Crippen LogP contribution in [0, 0.1) is 25.2 Å². The number of aromatic nitrogens is 1. The van der Waals surface area contributed by atoms with Crippen molar-refractivity contribution in [2.75, 3.05) is 5.32 Å². The van der Waals surface area contributed by atoms with Crippen molar-refractivity contribution in [3.8, 4) is 6.07 Å². The summed E-state index contributed by atoms with van der Waals surface area (Å²) >= 11 is 0. The quantitative estimate of drug-likeness (QED) is 0.574. The molecule has 0 aliphatic carbocycles. The van der Waals surface area contributed by atoms with Crippen LogP contribution in [-0.2, 0) is 11.8 Å². The van der Waals surface area contributed by atoms with E-state index in [4.69, 9.17) is 0 Å². The summed E-state index contributed by atoms with van der Waals surface area (Å²) in [6.45, 7) is 4.00. The smallest absolute Gasteiger partial charge is 0.266 e. The first-order chi connectivity index (χ1) is 12.0. The number of rotatable bonds is 3. The summed E-state index contributed by atoms with van der Waals surface area (Å²) in [5.41, 5.74) is 4.92. The molecule has 0 saturated carbocycles. The zero-order valence-corrected chi connectivity index (χ0v) is 14.5. The van der Waals surface area contributed by atoms with Gasteiger partial charge in [-0.3, -0.25) is 4.79 Å². The number of nitrogens with zero attached hydrogens (tertiary/aromatic N) is 2. The molecule has 124 valence electrons. The molecule has 0 aliphatic rings. The van der Waals surface area contributed by atoms with Crippen LogP contribution in [-0.4, -0.2) is 10.5 Å². The predicted molar refractivity (Wildman–Crippen MR) is 101 cm³/mol. The average molecular weight is 329 g/mol. The van der Waals surface area contributed by atoms with E-state index in [-0.39, 0.29) is 5.57 Å². The van der Waals surface area contributed by atoms with Crippen molar-refractivity contribution >= 4 is 28.6 Å². The zero-order chi connectivity index (χ0) is 18.0. The normalized spacial score (nSPS) is 11.4. The maximum Gasteiger partial charge on any atom is 0.266 e. The molecule has 1 aromatic heterocycles. The van der Waals surface area contributed by atoms with Crippen molar-refractivity contribution in [3.05, 3.63) is 70.9 Å². The Kier molecular flexibility index (Phi) is 4.40. The van der Waals surface area contributed by atoms with E-state index in [1.807, 2.05) is 80.2 Å². The van der Waals surface area contributed by atoms with E-state index in [2.05, 4.69) is 5.32 Å². The third kappa shape index (κ3) is 3.31. The van der Waals surface area contributed by atoms with E-state index in [0.717, 1.165) is 27.6 Å². The molecule has 1 N–H and O–H groups in total. The Morgan fingerprint density at radius 1 is 1.16 bits per heavy atom. The molecule has 0 bridgehead atoms. The minimum Gasteiger partial charge on any atom is -0.350 e. The number of hydrogen-bond acceptors (Lipinski definition) is 2. The molecular weight excluding hydrogens is 310 g/mol. The third-order valence-electron chi connectivity index (χ3n) is 4.36. The van der Waals surface area contributed by atoms with Crippen molar-refractivity contribution in [2.24, 2.45) is 7.05 Å².